The van der Waals surface area contributed by atoms with Crippen molar-refractivity contribution in [2.24, 2.45) is 5.92 Å². The monoisotopic (exact) mass is 322 g/mol. The number of furan rings is 1. The van der Waals surface area contributed by atoms with E-state index in [4.69, 9.17) is 9.15 Å². The normalized spacial score (nSPS) is 15.7. The van der Waals surface area contributed by atoms with Gasteiger partial charge in [0, 0.05) is 17.2 Å². The van der Waals surface area contributed by atoms with Crippen molar-refractivity contribution >= 4 is 26.8 Å². The Balaban J connectivity index is 1.92. The summed E-state index contributed by atoms with van der Waals surface area (Å²) in [6, 6.07) is 7.03. The first-order valence-electron chi connectivity index (χ1n) is 7.29. The molecule has 2 aromatic rings. The van der Waals surface area contributed by atoms with Crippen LogP contribution in [0.25, 0.3) is 11.0 Å². The SMILES string of the molecule is CS(=O)(=O)Cc1c(C(=O)OCC2CCC2)oc2ccccc12. The predicted molar refractivity (Wildman–Crippen MR) is 82.4 cm³/mol. The molecule has 0 N–H and O–H groups in total. The molecule has 118 valence electrons. The molecule has 1 saturated carbocycles. The Labute approximate surface area is 129 Å². The summed E-state index contributed by atoms with van der Waals surface area (Å²) in [5.41, 5.74) is 0.883. The zero-order chi connectivity index (χ0) is 15.7. The van der Waals surface area contributed by atoms with Crippen molar-refractivity contribution in [1.29, 1.82) is 0 Å². The van der Waals surface area contributed by atoms with E-state index in [0.29, 0.717) is 29.1 Å². The summed E-state index contributed by atoms with van der Waals surface area (Å²) in [6.45, 7) is 0.369. The fourth-order valence-electron chi connectivity index (χ4n) is 2.59. The Kier molecular flexibility index (Phi) is 3.95. The van der Waals surface area contributed by atoms with Gasteiger partial charge in [0.15, 0.2) is 9.84 Å². The minimum absolute atomic E-state index is 0.00551. The summed E-state index contributed by atoms with van der Waals surface area (Å²) in [5, 5.41) is 0.642. The highest BCUT2D eigenvalue weighted by Crippen LogP contribution is 2.30. The fourth-order valence-corrected chi connectivity index (χ4v) is 3.40. The van der Waals surface area contributed by atoms with Crippen LogP contribution in [0.5, 0.6) is 0 Å². The van der Waals surface area contributed by atoms with Gasteiger partial charge in [-0.25, -0.2) is 13.2 Å². The number of benzene rings is 1. The number of carbonyl (C=O) groups is 1. The van der Waals surface area contributed by atoms with Gasteiger partial charge in [0.1, 0.15) is 5.58 Å². The summed E-state index contributed by atoms with van der Waals surface area (Å²) >= 11 is 0. The van der Waals surface area contributed by atoms with Crippen LogP contribution in [0.4, 0.5) is 0 Å². The number of para-hydroxylation sites is 1. The van der Waals surface area contributed by atoms with Crippen LogP contribution in [0.15, 0.2) is 28.7 Å². The lowest BCUT2D eigenvalue weighted by molar-refractivity contribution is 0.0338. The molecule has 1 heterocycles. The third kappa shape index (κ3) is 3.16. The second kappa shape index (κ2) is 5.76. The Morgan fingerprint density at radius 1 is 1.32 bits per heavy atom. The molecule has 0 saturated heterocycles. The molecule has 1 aromatic carbocycles. The van der Waals surface area contributed by atoms with E-state index >= 15 is 0 Å². The maximum Gasteiger partial charge on any atom is 0.374 e. The average Bonchev–Trinajstić information content (AvgIpc) is 2.74. The summed E-state index contributed by atoms with van der Waals surface area (Å²) in [4.78, 5) is 12.3. The van der Waals surface area contributed by atoms with Crippen LogP contribution in [0.2, 0.25) is 0 Å². The summed E-state index contributed by atoms with van der Waals surface area (Å²) < 4.78 is 34.1. The number of ether oxygens (including phenoxy) is 1. The van der Waals surface area contributed by atoms with Crippen molar-refractivity contribution in [2.75, 3.05) is 12.9 Å². The molecule has 6 heteroatoms. The molecule has 0 aliphatic heterocycles. The van der Waals surface area contributed by atoms with Crippen molar-refractivity contribution in [3.05, 3.63) is 35.6 Å². The molecular weight excluding hydrogens is 304 g/mol. The Morgan fingerprint density at radius 3 is 2.68 bits per heavy atom. The van der Waals surface area contributed by atoms with Crippen LogP contribution in [0.1, 0.15) is 35.4 Å². The lowest BCUT2D eigenvalue weighted by Crippen LogP contribution is -2.20. The number of carbonyl (C=O) groups excluding carboxylic acids is 1. The highest BCUT2D eigenvalue weighted by Gasteiger charge is 2.26. The highest BCUT2D eigenvalue weighted by molar-refractivity contribution is 7.89. The van der Waals surface area contributed by atoms with Crippen LogP contribution < -0.4 is 0 Å². The molecule has 1 aliphatic carbocycles. The third-order valence-corrected chi connectivity index (χ3v) is 4.78. The van der Waals surface area contributed by atoms with E-state index in [1.807, 2.05) is 0 Å². The third-order valence-electron chi connectivity index (χ3n) is 3.97. The van der Waals surface area contributed by atoms with Gasteiger partial charge in [0.05, 0.1) is 12.4 Å². The van der Waals surface area contributed by atoms with Crippen LogP contribution >= 0.6 is 0 Å². The highest BCUT2D eigenvalue weighted by atomic mass is 32.2. The molecule has 3 rings (SSSR count). The first-order chi connectivity index (χ1) is 10.4. The van der Waals surface area contributed by atoms with Crippen LogP contribution in [0.3, 0.4) is 0 Å². The summed E-state index contributed by atoms with van der Waals surface area (Å²) in [6.07, 6.45) is 4.46. The topological polar surface area (TPSA) is 73.6 Å². The van der Waals surface area contributed by atoms with Gasteiger partial charge in [-0.05, 0) is 24.8 Å². The van der Waals surface area contributed by atoms with Crippen molar-refractivity contribution in [1.82, 2.24) is 0 Å². The molecule has 22 heavy (non-hydrogen) atoms. The van der Waals surface area contributed by atoms with E-state index in [1.165, 1.54) is 6.42 Å². The van der Waals surface area contributed by atoms with E-state index in [1.54, 1.807) is 24.3 Å². The molecule has 0 spiro atoms. The van der Waals surface area contributed by atoms with Crippen molar-refractivity contribution < 1.29 is 22.4 Å². The summed E-state index contributed by atoms with van der Waals surface area (Å²) in [5.74, 6) is -0.392. The van der Waals surface area contributed by atoms with Crippen molar-refractivity contribution in [2.45, 2.75) is 25.0 Å². The molecule has 0 atom stereocenters. The molecule has 0 unspecified atom stereocenters. The van der Waals surface area contributed by atoms with Gasteiger partial charge in [-0.15, -0.1) is 0 Å². The standard InChI is InChI=1S/C16H18O5S/c1-22(18,19)10-13-12-7-2-3-8-14(12)21-15(13)16(17)20-9-11-5-4-6-11/h2-3,7-8,11H,4-6,9-10H2,1H3. The largest absolute Gasteiger partial charge is 0.460 e. The zero-order valence-electron chi connectivity index (χ0n) is 12.4. The van der Waals surface area contributed by atoms with Gasteiger partial charge in [0.2, 0.25) is 5.76 Å². The number of esters is 1. The van der Waals surface area contributed by atoms with Crippen LogP contribution in [-0.4, -0.2) is 27.2 Å². The molecule has 1 aromatic heterocycles. The maximum atomic E-state index is 12.3. The van der Waals surface area contributed by atoms with Gasteiger partial charge in [-0.3, -0.25) is 0 Å². The summed E-state index contributed by atoms with van der Waals surface area (Å²) in [7, 11) is -3.29. The molecule has 1 aliphatic rings. The van der Waals surface area contributed by atoms with Crippen molar-refractivity contribution in [3.8, 4) is 0 Å². The van der Waals surface area contributed by atoms with E-state index < -0.39 is 15.8 Å². The molecule has 0 radical (unpaired) electrons. The Hall–Kier alpha value is -1.82. The lowest BCUT2D eigenvalue weighted by atomic mass is 9.86. The number of fused-ring (bicyclic) bond motifs is 1. The van der Waals surface area contributed by atoms with E-state index in [-0.39, 0.29) is 11.5 Å². The predicted octanol–water partition coefficient (Wildman–Crippen LogP) is 2.93. The second-order valence-electron chi connectivity index (χ2n) is 5.87. The number of hydrogen-bond donors (Lipinski definition) is 0. The van der Waals surface area contributed by atoms with Crippen LogP contribution in [0, 0.1) is 5.92 Å². The minimum atomic E-state index is -3.29. The fraction of sp³-hybridized carbons (Fsp3) is 0.438. The number of hydrogen-bond acceptors (Lipinski definition) is 5. The zero-order valence-corrected chi connectivity index (χ0v) is 13.2. The van der Waals surface area contributed by atoms with Gasteiger partial charge < -0.3 is 9.15 Å². The Bertz CT molecular complexity index is 799. The van der Waals surface area contributed by atoms with E-state index in [9.17, 15) is 13.2 Å². The minimum Gasteiger partial charge on any atom is -0.460 e. The quantitative estimate of drug-likeness (QED) is 0.791. The van der Waals surface area contributed by atoms with E-state index in [0.717, 1.165) is 19.1 Å². The molecular formula is C16H18O5S. The second-order valence-corrected chi connectivity index (χ2v) is 8.01. The Morgan fingerprint density at radius 2 is 2.05 bits per heavy atom. The van der Waals surface area contributed by atoms with Gasteiger partial charge in [-0.1, -0.05) is 24.6 Å². The number of sulfone groups is 1. The first-order valence-corrected chi connectivity index (χ1v) is 9.35. The maximum absolute atomic E-state index is 12.3. The molecule has 5 nitrogen and oxygen atoms in total. The van der Waals surface area contributed by atoms with Gasteiger partial charge >= 0.3 is 5.97 Å². The van der Waals surface area contributed by atoms with Gasteiger partial charge in [-0.2, -0.15) is 0 Å². The molecule has 1 fully saturated rings. The van der Waals surface area contributed by atoms with Crippen molar-refractivity contribution in [3.63, 3.8) is 0 Å². The first kappa shape index (κ1) is 15.1. The van der Waals surface area contributed by atoms with E-state index in [2.05, 4.69) is 0 Å². The van der Waals surface area contributed by atoms with Crippen LogP contribution in [-0.2, 0) is 20.3 Å². The average molecular weight is 322 g/mol. The smallest absolute Gasteiger partial charge is 0.374 e. The lowest BCUT2D eigenvalue weighted by Gasteiger charge is -2.24. The number of rotatable bonds is 5. The molecule has 0 amide bonds. The van der Waals surface area contributed by atoms with Gasteiger partial charge in [0.25, 0.3) is 0 Å². The molecule has 0 bridgehead atoms.